The fourth-order valence-corrected chi connectivity index (χ4v) is 3.40. The summed E-state index contributed by atoms with van der Waals surface area (Å²) in [7, 11) is 1.54. The van der Waals surface area contributed by atoms with Gasteiger partial charge in [-0.05, 0) is 76.7 Å². The molecule has 0 saturated carbocycles. The van der Waals surface area contributed by atoms with Gasteiger partial charge in [0, 0.05) is 5.69 Å². The number of amides is 1. The molecule has 5 nitrogen and oxygen atoms in total. The van der Waals surface area contributed by atoms with Gasteiger partial charge in [-0.2, -0.15) is 0 Å². The van der Waals surface area contributed by atoms with Crippen molar-refractivity contribution in [2.45, 2.75) is 19.3 Å². The van der Waals surface area contributed by atoms with E-state index in [1.807, 2.05) is 18.2 Å². The number of hydrogen-bond donors (Lipinski definition) is 1. The van der Waals surface area contributed by atoms with Crippen molar-refractivity contribution >= 4 is 33.5 Å². The maximum atomic E-state index is 12.0. The summed E-state index contributed by atoms with van der Waals surface area (Å²) in [4.78, 5) is 24.0. The highest BCUT2D eigenvalue weighted by Gasteiger charge is 2.14. The first-order chi connectivity index (χ1) is 12.1. The number of methoxy groups -OCH3 is 1. The molecular formula is C19H18BrNO4. The first kappa shape index (κ1) is 17.5. The Morgan fingerprint density at radius 2 is 1.92 bits per heavy atom. The maximum absolute atomic E-state index is 12.0. The Bertz CT molecular complexity index is 819. The van der Waals surface area contributed by atoms with Gasteiger partial charge >= 0.3 is 5.97 Å². The highest BCUT2D eigenvalue weighted by molar-refractivity contribution is 9.10. The number of rotatable bonds is 5. The van der Waals surface area contributed by atoms with Gasteiger partial charge in [0.05, 0.1) is 17.1 Å². The van der Waals surface area contributed by atoms with E-state index >= 15 is 0 Å². The third kappa shape index (κ3) is 4.20. The highest BCUT2D eigenvalue weighted by Crippen LogP contribution is 2.26. The molecule has 0 heterocycles. The lowest BCUT2D eigenvalue weighted by Gasteiger charge is -2.09. The van der Waals surface area contributed by atoms with Crippen molar-refractivity contribution in [1.82, 2.24) is 0 Å². The molecule has 0 atom stereocenters. The van der Waals surface area contributed by atoms with E-state index in [0.717, 1.165) is 24.9 Å². The number of fused-ring (bicyclic) bond motifs is 1. The lowest BCUT2D eigenvalue weighted by molar-refractivity contribution is -0.119. The fraction of sp³-hybridized carbons (Fsp3) is 0.263. The van der Waals surface area contributed by atoms with Gasteiger partial charge in [0.1, 0.15) is 5.75 Å². The molecule has 1 N–H and O–H groups in total. The van der Waals surface area contributed by atoms with Crippen molar-refractivity contribution in [3.05, 3.63) is 57.6 Å². The lowest BCUT2D eigenvalue weighted by Crippen LogP contribution is -2.21. The smallest absolute Gasteiger partial charge is 0.338 e. The van der Waals surface area contributed by atoms with E-state index in [9.17, 15) is 9.59 Å². The molecule has 0 saturated heterocycles. The van der Waals surface area contributed by atoms with Gasteiger partial charge in [0.25, 0.3) is 5.91 Å². The average Bonchev–Trinajstić information content (AvgIpc) is 3.07. The monoisotopic (exact) mass is 403 g/mol. The van der Waals surface area contributed by atoms with Gasteiger partial charge in [0.15, 0.2) is 6.61 Å². The van der Waals surface area contributed by atoms with Crippen LogP contribution in [0.3, 0.4) is 0 Å². The second-order valence-corrected chi connectivity index (χ2v) is 6.67. The van der Waals surface area contributed by atoms with Crippen molar-refractivity contribution in [2.24, 2.45) is 0 Å². The summed E-state index contributed by atoms with van der Waals surface area (Å²) < 4.78 is 10.8. The van der Waals surface area contributed by atoms with Gasteiger partial charge in [-0.1, -0.05) is 6.07 Å². The van der Waals surface area contributed by atoms with Crippen LogP contribution >= 0.6 is 15.9 Å². The Morgan fingerprint density at radius 1 is 1.12 bits per heavy atom. The van der Waals surface area contributed by atoms with Crippen LogP contribution in [0.4, 0.5) is 5.69 Å². The van der Waals surface area contributed by atoms with Crippen molar-refractivity contribution in [2.75, 3.05) is 19.0 Å². The molecule has 2 aromatic carbocycles. The van der Waals surface area contributed by atoms with Crippen molar-refractivity contribution in [1.29, 1.82) is 0 Å². The van der Waals surface area contributed by atoms with Crippen LogP contribution in [0.5, 0.6) is 5.75 Å². The van der Waals surface area contributed by atoms with Crippen LogP contribution in [0, 0.1) is 0 Å². The number of nitrogens with one attached hydrogen (secondary N) is 1. The Kier molecular flexibility index (Phi) is 5.38. The fourth-order valence-electron chi connectivity index (χ4n) is 2.85. The van der Waals surface area contributed by atoms with Gasteiger partial charge in [-0.25, -0.2) is 4.79 Å². The predicted octanol–water partition coefficient (Wildman–Crippen LogP) is 3.74. The summed E-state index contributed by atoms with van der Waals surface area (Å²) in [5.74, 6) is -0.308. The number of benzene rings is 2. The van der Waals surface area contributed by atoms with Crippen LogP contribution in [0.2, 0.25) is 0 Å². The van der Waals surface area contributed by atoms with Crippen LogP contribution < -0.4 is 10.1 Å². The molecule has 1 aliphatic carbocycles. The summed E-state index contributed by atoms with van der Waals surface area (Å²) in [6, 6.07) is 10.8. The van der Waals surface area contributed by atoms with Crippen LogP contribution in [-0.4, -0.2) is 25.6 Å². The number of esters is 1. The molecule has 0 unspecified atom stereocenters. The summed E-state index contributed by atoms with van der Waals surface area (Å²) in [5, 5.41) is 2.76. The number of anilines is 1. The lowest BCUT2D eigenvalue weighted by atomic mass is 10.1. The normalized spacial score (nSPS) is 12.4. The summed E-state index contributed by atoms with van der Waals surface area (Å²) in [6.45, 7) is -0.334. The summed E-state index contributed by atoms with van der Waals surface area (Å²) in [5.41, 5.74) is 3.69. The standard InChI is InChI=1S/C19H18BrNO4/c1-24-17-8-6-14(10-16(17)20)19(23)25-11-18(22)21-15-7-5-12-3-2-4-13(12)9-15/h5-10H,2-4,11H2,1H3,(H,21,22). The molecule has 0 bridgehead atoms. The van der Waals surface area contributed by atoms with Crippen molar-refractivity contribution < 1.29 is 19.1 Å². The SMILES string of the molecule is COc1ccc(C(=O)OCC(=O)Nc2ccc3c(c2)CCC3)cc1Br. The molecule has 0 aromatic heterocycles. The number of carbonyl (C=O) groups is 2. The summed E-state index contributed by atoms with van der Waals surface area (Å²) in [6.07, 6.45) is 3.29. The van der Waals surface area contributed by atoms with E-state index in [1.54, 1.807) is 25.3 Å². The Labute approximate surface area is 154 Å². The molecule has 0 aliphatic heterocycles. The second-order valence-electron chi connectivity index (χ2n) is 5.81. The largest absolute Gasteiger partial charge is 0.496 e. The molecule has 0 fully saturated rings. The highest BCUT2D eigenvalue weighted by atomic mass is 79.9. The maximum Gasteiger partial charge on any atom is 0.338 e. The van der Waals surface area contributed by atoms with Crippen LogP contribution in [0.15, 0.2) is 40.9 Å². The molecule has 1 amide bonds. The minimum absolute atomic E-state index is 0.334. The molecule has 2 aromatic rings. The first-order valence-electron chi connectivity index (χ1n) is 7.99. The Morgan fingerprint density at radius 3 is 2.68 bits per heavy atom. The first-order valence-corrected chi connectivity index (χ1v) is 8.78. The van der Waals surface area contributed by atoms with Crippen LogP contribution in [0.25, 0.3) is 0 Å². The molecular weight excluding hydrogens is 386 g/mol. The van der Waals surface area contributed by atoms with Crippen LogP contribution in [-0.2, 0) is 22.4 Å². The zero-order chi connectivity index (χ0) is 17.8. The number of carbonyl (C=O) groups excluding carboxylic acids is 2. The Hall–Kier alpha value is -2.34. The minimum Gasteiger partial charge on any atom is -0.496 e. The third-order valence-corrected chi connectivity index (χ3v) is 4.72. The number of halogens is 1. The van der Waals surface area contributed by atoms with E-state index in [4.69, 9.17) is 9.47 Å². The molecule has 3 rings (SSSR count). The third-order valence-electron chi connectivity index (χ3n) is 4.10. The number of aryl methyl sites for hydroxylation is 2. The van der Waals surface area contributed by atoms with Crippen molar-refractivity contribution in [3.63, 3.8) is 0 Å². The molecule has 25 heavy (non-hydrogen) atoms. The second kappa shape index (κ2) is 7.70. The molecule has 130 valence electrons. The molecule has 1 aliphatic rings. The van der Waals surface area contributed by atoms with E-state index in [1.165, 1.54) is 11.1 Å². The quantitative estimate of drug-likeness (QED) is 0.772. The number of ether oxygens (including phenoxy) is 2. The van der Waals surface area contributed by atoms with E-state index in [-0.39, 0.29) is 12.5 Å². The topological polar surface area (TPSA) is 64.6 Å². The number of hydrogen-bond acceptors (Lipinski definition) is 4. The average molecular weight is 404 g/mol. The summed E-state index contributed by atoms with van der Waals surface area (Å²) >= 11 is 3.31. The Balaban J connectivity index is 1.55. The van der Waals surface area contributed by atoms with E-state index in [2.05, 4.69) is 21.2 Å². The van der Waals surface area contributed by atoms with Gasteiger partial charge in [-0.15, -0.1) is 0 Å². The van der Waals surface area contributed by atoms with Crippen LogP contribution in [0.1, 0.15) is 27.9 Å². The van der Waals surface area contributed by atoms with Crippen molar-refractivity contribution in [3.8, 4) is 5.75 Å². The predicted molar refractivity (Wildman–Crippen MR) is 98.1 cm³/mol. The van der Waals surface area contributed by atoms with Gasteiger partial charge in [0.2, 0.25) is 0 Å². The van der Waals surface area contributed by atoms with Gasteiger partial charge in [-0.3, -0.25) is 4.79 Å². The molecule has 0 spiro atoms. The van der Waals surface area contributed by atoms with E-state index in [0.29, 0.717) is 15.8 Å². The van der Waals surface area contributed by atoms with E-state index < -0.39 is 5.97 Å². The molecule has 0 radical (unpaired) electrons. The zero-order valence-corrected chi connectivity index (χ0v) is 15.4. The zero-order valence-electron chi connectivity index (χ0n) is 13.8. The minimum atomic E-state index is -0.563. The molecule has 6 heteroatoms. The van der Waals surface area contributed by atoms with Gasteiger partial charge < -0.3 is 14.8 Å².